The molecule has 2 aliphatic carbocycles. The minimum atomic E-state index is -3.86. The van der Waals surface area contributed by atoms with Gasteiger partial charge in [0.15, 0.2) is 5.03 Å². The van der Waals surface area contributed by atoms with Gasteiger partial charge in [0.2, 0.25) is 0 Å². The van der Waals surface area contributed by atoms with Crippen LogP contribution in [0, 0.1) is 0 Å². The maximum atomic E-state index is 13.0. The molecule has 0 unspecified atom stereocenters. The van der Waals surface area contributed by atoms with Gasteiger partial charge in [-0.05, 0) is 81.0 Å². The Bertz CT molecular complexity index is 1130. The van der Waals surface area contributed by atoms with Gasteiger partial charge in [-0.3, -0.25) is 9.48 Å². The molecule has 2 heterocycles. The molecule has 2 N–H and O–H groups in total. The molecule has 0 atom stereocenters. The van der Waals surface area contributed by atoms with Crippen molar-refractivity contribution in [1.82, 2.24) is 19.4 Å². The van der Waals surface area contributed by atoms with Crippen LogP contribution in [0.2, 0.25) is 0 Å². The molecule has 3 aliphatic rings. The number of hydrogen-bond acceptors (Lipinski definition) is 5. The lowest BCUT2D eigenvalue weighted by Crippen LogP contribution is -2.43. The number of hydrogen-bond donors (Lipinski definition) is 2. The predicted octanol–water partition coefficient (Wildman–Crippen LogP) is 2.64. The zero-order valence-corrected chi connectivity index (χ0v) is 19.6. The quantitative estimate of drug-likeness (QED) is 0.623. The van der Waals surface area contributed by atoms with E-state index < -0.39 is 10.0 Å². The molecular formula is C23H31N5O3S. The summed E-state index contributed by atoms with van der Waals surface area (Å²) in [6, 6.07) is 3.64. The number of nitrogens with one attached hydrogen (secondary N) is 2. The Kier molecular flexibility index (Phi) is 5.49. The highest BCUT2D eigenvalue weighted by Crippen LogP contribution is 2.38. The number of sulfonamides is 1. The maximum absolute atomic E-state index is 13.0. The van der Waals surface area contributed by atoms with Gasteiger partial charge in [0, 0.05) is 30.9 Å². The molecule has 0 bridgehead atoms. The largest absolute Gasteiger partial charge is 0.371 e. The van der Waals surface area contributed by atoms with Crippen molar-refractivity contribution in [2.75, 3.05) is 25.1 Å². The SMILES string of the molecule is CC(C)n1nc(S(=O)(=O)NCNc2c3c(cc4c2CCC4)CCC3)cc1C(=O)N1CCC1. The van der Waals surface area contributed by atoms with Gasteiger partial charge in [-0.15, -0.1) is 0 Å². The van der Waals surface area contributed by atoms with E-state index in [-0.39, 0.29) is 23.6 Å². The molecule has 32 heavy (non-hydrogen) atoms. The molecule has 1 aromatic carbocycles. The van der Waals surface area contributed by atoms with Gasteiger partial charge < -0.3 is 10.2 Å². The molecule has 9 heteroatoms. The second kappa shape index (κ2) is 8.19. The molecule has 1 aromatic heterocycles. The van der Waals surface area contributed by atoms with Crippen molar-refractivity contribution in [3.63, 3.8) is 0 Å². The smallest absolute Gasteiger partial charge is 0.272 e. The normalized spacial score (nSPS) is 17.4. The van der Waals surface area contributed by atoms with E-state index in [1.165, 1.54) is 33.0 Å². The molecule has 0 saturated carbocycles. The zero-order chi connectivity index (χ0) is 22.5. The number of carbonyl (C=O) groups is 1. The summed E-state index contributed by atoms with van der Waals surface area (Å²) in [5.74, 6) is -0.160. The van der Waals surface area contributed by atoms with E-state index >= 15 is 0 Å². The van der Waals surface area contributed by atoms with Gasteiger partial charge in [0.25, 0.3) is 15.9 Å². The van der Waals surface area contributed by atoms with Crippen molar-refractivity contribution in [1.29, 1.82) is 0 Å². The number of aromatic nitrogens is 2. The van der Waals surface area contributed by atoms with Gasteiger partial charge in [0.1, 0.15) is 5.69 Å². The highest BCUT2D eigenvalue weighted by molar-refractivity contribution is 7.89. The second-order valence-corrected chi connectivity index (χ2v) is 11.0. The molecule has 172 valence electrons. The van der Waals surface area contributed by atoms with E-state index in [1.54, 1.807) is 4.90 Å². The molecule has 1 aliphatic heterocycles. The number of anilines is 1. The summed E-state index contributed by atoms with van der Waals surface area (Å²) in [7, 11) is -3.86. The van der Waals surface area contributed by atoms with Crippen LogP contribution in [0.1, 0.15) is 71.9 Å². The standard InChI is InChI=1S/C23H31N5O3S/c1-15(2)28-20(23(29)27-10-5-11-27)13-21(26-28)32(30,31)25-14-24-22-18-8-3-6-16(18)12-17-7-4-9-19(17)22/h12-13,15,24-25H,3-11,14H2,1-2H3. The highest BCUT2D eigenvalue weighted by atomic mass is 32.2. The molecule has 0 radical (unpaired) electrons. The van der Waals surface area contributed by atoms with Crippen LogP contribution >= 0.6 is 0 Å². The van der Waals surface area contributed by atoms with E-state index in [2.05, 4.69) is 21.2 Å². The first-order chi connectivity index (χ1) is 15.3. The number of benzene rings is 1. The van der Waals surface area contributed by atoms with Crippen LogP contribution in [0.5, 0.6) is 0 Å². The number of aryl methyl sites for hydroxylation is 2. The summed E-state index contributed by atoms with van der Waals surface area (Å²) in [4.78, 5) is 14.5. The van der Waals surface area contributed by atoms with Crippen molar-refractivity contribution in [2.45, 2.75) is 69.9 Å². The number of amides is 1. The minimum absolute atomic E-state index is 0.0924. The Balaban J connectivity index is 1.34. The van der Waals surface area contributed by atoms with Crippen LogP contribution in [0.15, 0.2) is 17.2 Å². The number of nitrogens with zero attached hydrogens (tertiary/aromatic N) is 3. The van der Waals surface area contributed by atoms with Crippen LogP contribution in [0.25, 0.3) is 0 Å². The monoisotopic (exact) mass is 457 g/mol. The minimum Gasteiger partial charge on any atom is -0.371 e. The van der Waals surface area contributed by atoms with Crippen molar-refractivity contribution >= 4 is 21.6 Å². The number of carbonyl (C=O) groups excluding carboxylic acids is 1. The van der Waals surface area contributed by atoms with E-state index in [9.17, 15) is 13.2 Å². The molecule has 1 amide bonds. The average Bonchev–Trinajstić information content (AvgIpc) is 3.44. The van der Waals surface area contributed by atoms with E-state index in [0.717, 1.165) is 50.6 Å². The van der Waals surface area contributed by atoms with Gasteiger partial charge in [-0.25, -0.2) is 8.42 Å². The Labute approximate surface area is 189 Å². The summed E-state index contributed by atoms with van der Waals surface area (Å²) in [5.41, 5.74) is 6.94. The van der Waals surface area contributed by atoms with Crippen LogP contribution in [0.4, 0.5) is 5.69 Å². The third-order valence-corrected chi connectivity index (χ3v) is 8.12. The fraction of sp³-hybridized carbons (Fsp3) is 0.565. The fourth-order valence-electron chi connectivity index (χ4n) is 5.06. The first kappa shape index (κ1) is 21.5. The Morgan fingerprint density at radius 3 is 2.25 bits per heavy atom. The fourth-order valence-corrected chi connectivity index (χ4v) is 5.93. The molecule has 5 rings (SSSR count). The number of rotatable bonds is 7. The third-order valence-electron chi connectivity index (χ3n) is 6.84. The predicted molar refractivity (Wildman–Crippen MR) is 122 cm³/mol. The molecule has 8 nitrogen and oxygen atoms in total. The lowest BCUT2D eigenvalue weighted by molar-refractivity contribution is 0.0636. The van der Waals surface area contributed by atoms with E-state index in [1.807, 2.05) is 13.8 Å². The Morgan fingerprint density at radius 1 is 1.03 bits per heavy atom. The van der Waals surface area contributed by atoms with Crippen molar-refractivity contribution in [2.24, 2.45) is 0 Å². The Morgan fingerprint density at radius 2 is 1.69 bits per heavy atom. The van der Waals surface area contributed by atoms with Crippen molar-refractivity contribution < 1.29 is 13.2 Å². The van der Waals surface area contributed by atoms with Crippen LogP contribution in [0.3, 0.4) is 0 Å². The second-order valence-electron chi connectivity index (χ2n) is 9.29. The first-order valence-corrected chi connectivity index (χ1v) is 13.1. The number of fused-ring (bicyclic) bond motifs is 2. The van der Waals surface area contributed by atoms with Crippen LogP contribution < -0.4 is 10.0 Å². The average molecular weight is 458 g/mol. The topological polar surface area (TPSA) is 96.3 Å². The van der Waals surface area contributed by atoms with Crippen molar-refractivity contribution in [3.8, 4) is 0 Å². The van der Waals surface area contributed by atoms with E-state index in [4.69, 9.17) is 0 Å². The lowest BCUT2D eigenvalue weighted by Gasteiger charge is -2.31. The highest BCUT2D eigenvalue weighted by Gasteiger charge is 2.30. The summed E-state index contributed by atoms with van der Waals surface area (Å²) in [6.45, 7) is 5.29. The van der Waals surface area contributed by atoms with E-state index in [0.29, 0.717) is 18.8 Å². The summed E-state index contributed by atoms with van der Waals surface area (Å²) < 4.78 is 30.2. The molecule has 0 spiro atoms. The molecule has 1 saturated heterocycles. The first-order valence-electron chi connectivity index (χ1n) is 11.6. The summed E-state index contributed by atoms with van der Waals surface area (Å²) in [5, 5.41) is 7.54. The van der Waals surface area contributed by atoms with Crippen LogP contribution in [-0.2, 0) is 35.7 Å². The maximum Gasteiger partial charge on any atom is 0.272 e. The van der Waals surface area contributed by atoms with Crippen molar-refractivity contribution in [3.05, 3.63) is 40.1 Å². The Hall–Kier alpha value is -2.39. The lowest BCUT2D eigenvalue weighted by atomic mass is 9.99. The van der Waals surface area contributed by atoms with Gasteiger partial charge in [-0.2, -0.15) is 9.82 Å². The molecule has 2 aromatic rings. The molecular weight excluding hydrogens is 426 g/mol. The summed E-state index contributed by atoms with van der Waals surface area (Å²) >= 11 is 0. The van der Waals surface area contributed by atoms with Gasteiger partial charge >= 0.3 is 0 Å². The van der Waals surface area contributed by atoms with Gasteiger partial charge in [-0.1, -0.05) is 6.07 Å². The zero-order valence-electron chi connectivity index (χ0n) is 18.8. The third kappa shape index (κ3) is 3.71. The number of likely N-dealkylation sites (tertiary alicyclic amines) is 1. The summed E-state index contributed by atoms with van der Waals surface area (Å²) in [6.07, 6.45) is 7.56. The van der Waals surface area contributed by atoms with Gasteiger partial charge in [0.05, 0.1) is 6.67 Å². The molecule has 1 fully saturated rings. The van der Waals surface area contributed by atoms with Crippen LogP contribution in [-0.4, -0.2) is 48.8 Å².